The number of pyridine rings is 1. The van der Waals surface area contributed by atoms with Crippen LogP contribution in [0.2, 0.25) is 0 Å². The van der Waals surface area contributed by atoms with Crippen LogP contribution in [0, 0.1) is 12.8 Å². The third kappa shape index (κ3) is 6.34. The van der Waals surface area contributed by atoms with Crippen molar-refractivity contribution in [3.05, 3.63) is 29.6 Å². The van der Waals surface area contributed by atoms with Crippen molar-refractivity contribution in [2.45, 2.75) is 52.6 Å². The van der Waals surface area contributed by atoms with Gasteiger partial charge in [0.25, 0.3) is 0 Å². The highest BCUT2D eigenvalue weighted by Crippen LogP contribution is 2.09. The molecule has 4 nitrogen and oxygen atoms in total. The largest absolute Gasteiger partial charge is 0.350 e. The number of aryl methyl sites for hydroxylation is 1. The number of amides is 1. The summed E-state index contributed by atoms with van der Waals surface area (Å²) in [5.41, 5.74) is 7.56. The molecule has 0 spiro atoms. The van der Waals surface area contributed by atoms with Crippen LogP contribution < -0.4 is 11.1 Å². The van der Waals surface area contributed by atoms with Crippen molar-refractivity contribution in [1.29, 1.82) is 0 Å². The average Bonchev–Trinajstić information content (AvgIpc) is 2.35. The maximum Gasteiger partial charge on any atom is 0.223 e. The molecule has 1 aromatic heterocycles. The Morgan fingerprint density at radius 2 is 2.11 bits per heavy atom. The molecular formula is C15H25N3O. The summed E-state index contributed by atoms with van der Waals surface area (Å²) in [6.45, 7) is 6.40. The van der Waals surface area contributed by atoms with E-state index in [1.807, 2.05) is 39.0 Å². The number of carbonyl (C=O) groups is 1. The van der Waals surface area contributed by atoms with Crippen LogP contribution in [0.4, 0.5) is 0 Å². The zero-order valence-corrected chi connectivity index (χ0v) is 12.1. The van der Waals surface area contributed by atoms with Crippen LogP contribution >= 0.6 is 0 Å². The third-order valence-electron chi connectivity index (χ3n) is 3.13. The van der Waals surface area contributed by atoms with Gasteiger partial charge in [-0.05, 0) is 38.8 Å². The SMILES string of the molecule is Cc1cccc(CNC(=O)C(C)CCCC(C)N)n1. The van der Waals surface area contributed by atoms with Crippen LogP contribution in [-0.4, -0.2) is 16.9 Å². The predicted molar refractivity (Wildman–Crippen MR) is 77.5 cm³/mol. The van der Waals surface area contributed by atoms with Gasteiger partial charge in [-0.25, -0.2) is 0 Å². The average molecular weight is 263 g/mol. The highest BCUT2D eigenvalue weighted by Gasteiger charge is 2.12. The summed E-state index contributed by atoms with van der Waals surface area (Å²) < 4.78 is 0. The topological polar surface area (TPSA) is 68.0 Å². The van der Waals surface area contributed by atoms with Gasteiger partial charge < -0.3 is 11.1 Å². The zero-order valence-electron chi connectivity index (χ0n) is 12.1. The zero-order chi connectivity index (χ0) is 14.3. The molecule has 3 N–H and O–H groups in total. The summed E-state index contributed by atoms with van der Waals surface area (Å²) in [7, 11) is 0. The fourth-order valence-corrected chi connectivity index (χ4v) is 1.93. The first-order valence-electron chi connectivity index (χ1n) is 6.95. The van der Waals surface area contributed by atoms with Gasteiger partial charge in [-0.1, -0.05) is 19.4 Å². The van der Waals surface area contributed by atoms with Gasteiger partial charge in [-0.3, -0.25) is 9.78 Å². The molecule has 0 aliphatic rings. The highest BCUT2D eigenvalue weighted by molar-refractivity contribution is 5.78. The molecular weight excluding hydrogens is 238 g/mol. The van der Waals surface area contributed by atoms with Crippen molar-refractivity contribution in [2.75, 3.05) is 0 Å². The van der Waals surface area contributed by atoms with E-state index in [0.717, 1.165) is 30.7 Å². The van der Waals surface area contributed by atoms with Crippen molar-refractivity contribution in [3.63, 3.8) is 0 Å². The molecule has 1 rings (SSSR count). The van der Waals surface area contributed by atoms with E-state index < -0.39 is 0 Å². The van der Waals surface area contributed by atoms with E-state index in [-0.39, 0.29) is 17.9 Å². The molecule has 2 unspecified atom stereocenters. The number of nitrogens with two attached hydrogens (primary N) is 1. The smallest absolute Gasteiger partial charge is 0.223 e. The molecule has 0 fully saturated rings. The molecule has 0 radical (unpaired) electrons. The maximum atomic E-state index is 11.9. The lowest BCUT2D eigenvalue weighted by atomic mass is 10.0. The van der Waals surface area contributed by atoms with Gasteiger partial charge in [0.1, 0.15) is 0 Å². The Bertz CT molecular complexity index is 404. The second kappa shape index (κ2) is 7.89. The summed E-state index contributed by atoms with van der Waals surface area (Å²) in [5, 5.41) is 2.93. The van der Waals surface area contributed by atoms with Crippen molar-refractivity contribution >= 4 is 5.91 Å². The number of hydrogen-bond acceptors (Lipinski definition) is 3. The molecule has 1 aromatic rings. The number of nitrogens with one attached hydrogen (secondary N) is 1. The van der Waals surface area contributed by atoms with Crippen molar-refractivity contribution in [2.24, 2.45) is 11.7 Å². The fraction of sp³-hybridized carbons (Fsp3) is 0.600. The van der Waals surface area contributed by atoms with Gasteiger partial charge in [0.15, 0.2) is 0 Å². The summed E-state index contributed by atoms with van der Waals surface area (Å²) in [6, 6.07) is 6.04. The Kier molecular flexibility index (Phi) is 6.50. The van der Waals surface area contributed by atoms with E-state index in [1.54, 1.807) is 0 Å². The first kappa shape index (κ1) is 15.6. The Morgan fingerprint density at radius 1 is 1.37 bits per heavy atom. The molecule has 1 amide bonds. The molecule has 19 heavy (non-hydrogen) atoms. The van der Waals surface area contributed by atoms with E-state index in [0.29, 0.717) is 6.54 Å². The second-order valence-corrected chi connectivity index (χ2v) is 5.30. The Balaban J connectivity index is 2.30. The van der Waals surface area contributed by atoms with E-state index in [4.69, 9.17) is 5.73 Å². The van der Waals surface area contributed by atoms with E-state index in [1.165, 1.54) is 0 Å². The molecule has 0 aliphatic heterocycles. The summed E-state index contributed by atoms with van der Waals surface area (Å²) >= 11 is 0. The Labute approximate surface area is 115 Å². The first-order valence-corrected chi connectivity index (χ1v) is 6.95. The van der Waals surface area contributed by atoms with Gasteiger partial charge in [-0.15, -0.1) is 0 Å². The predicted octanol–water partition coefficient (Wildman–Crippen LogP) is 2.16. The van der Waals surface area contributed by atoms with Crippen LogP contribution in [0.3, 0.4) is 0 Å². The molecule has 0 aliphatic carbocycles. The maximum absolute atomic E-state index is 11.9. The molecule has 0 bridgehead atoms. The number of carbonyl (C=O) groups excluding carboxylic acids is 1. The normalized spacial score (nSPS) is 13.9. The molecule has 4 heteroatoms. The lowest BCUT2D eigenvalue weighted by molar-refractivity contribution is -0.124. The first-order chi connectivity index (χ1) is 8.99. The number of hydrogen-bond donors (Lipinski definition) is 2. The standard InChI is InChI=1S/C15H25N3O/c1-11(6-4-7-12(2)16)15(19)17-10-14-9-5-8-13(3)18-14/h5,8-9,11-12H,4,6-7,10,16H2,1-3H3,(H,17,19). The van der Waals surface area contributed by atoms with Crippen LogP contribution in [0.25, 0.3) is 0 Å². The Hall–Kier alpha value is -1.42. The van der Waals surface area contributed by atoms with Gasteiger partial charge in [-0.2, -0.15) is 0 Å². The minimum absolute atomic E-state index is 0.0311. The molecule has 0 saturated heterocycles. The number of aromatic nitrogens is 1. The molecule has 1 heterocycles. The van der Waals surface area contributed by atoms with Gasteiger partial charge >= 0.3 is 0 Å². The van der Waals surface area contributed by atoms with Crippen LogP contribution in [0.15, 0.2) is 18.2 Å². The van der Waals surface area contributed by atoms with Crippen molar-refractivity contribution in [3.8, 4) is 0 Å². The summed E-state index contributed by atoms with van der Waals surface area (Å²) in [5.74, 6) is 0.122. The third-order valence-corrected chi connectivity index (χ3v) is 3.13. The molecule has 0 aromatic carbocycles. The summed E-state index contributed by atoms with van der Waals surface area (Å²) in [6.07, 6.45) is 2.85. The minimum atomic E-state index is 0.0311. The lowest BCUT2D eigenvalue weighted by Crippen LogP contribution is -2.29. The van der Waals surface area contributed by atoms with Gasteiger partial charge in [0.05, 0.1) is 12.2 Å². The molecule has 0 saturated carbocycles. The lowest BCUT2D eigenvalue weighted by Gasteiger charge is -2.12. The molecule has 2 atom stereocenters. The highest BCUT2D eigenvalue weighted by atomic mass is 16.1. The second-order valence-electron chi connectivity index (χ2n) is 5.30. The molecule has 106 valence electrons. The summed E-state index contributed by atoms with van der Waals surface area (Å²) in [4.78, 5) is 16.3. The Morgan fingerprint density at radius 3 is 2.74 bits per heavy atom. The minimum Gasteiger partial charge on any atom is -0.350 e. The van der Waals surface area contributed by atoms with Gasteiger partial charge in [0.2, 0.25) is 5.91 Å². The van der Waals surface area contributed by atoms with E-state index in [9.17, 15) is 4.79 Å². The monoisotopic (exact) mass is 263 g/mol. The van der Waals surface area contributed by atoms with E-state index in [2.05, 4.69) is 10.3 Å². The van der Waals surface area contributed by atoms with Crippen molar-refractivity contribution in [1.82, 2.24) is 10.3 Å². The fourth-order valence-electron chi connectivity index (χ4n) is 1.93. The van der Waals surface area contributed by atoms with Gasteiger partial charge in [0, 0.05) is 17.7 Å². The van der Waals surface area contributed by atoms with Crippen LogP contribution in [0.5, 0.6) is 0 Å². The van der Waals surface area contributed by atoms with Crippen LogP contribution in [0.1, 0.15) is 44.5 Å². The van der Waals surface area contributed by atoms with Crippen LogP contribution in [-0.2, 0) is 11.3 Å². The van der Waals surface area contributed by atoms with Crippen molar-refractivity contribution < 1.29 is 4.79 Å². The number of nitrogens with zero attached hydrogens (tertiary/aromatic N) is 1. The quantitative estimate of drug-likeness (QED) is 0.792. The number of rotatable bonds is 7. The van der Waals surface area contributed by atoms with E-state index >= 15 is 0 Å².